The molecule has 0 radical (unpaired) electrons. The first-order chi connectivity index (χ1) is 6.56. The van der Waals surface area contributed by atoms with Gasteiger partial charge in [0.2, 0.25) is 0 Å². The fourth-order valence-corrected chi connectivity index (χ4v) is 1.41. The van der Waals surface area contributed by atoms with Crippen LogP contribution in [0.4, 0.5) is 0 Å². The smallest absolute Gasteiger partial charge is 0.252 e. The van der Waals surface area contributed by atoms with Crippen LogP contribution in [0, 0.1) is 0 Å². The number of benzene rings is 1. The quantitative estimate of drug-likeness (QED) is 0.801. The summed E-state index contributed by atoms with van der Waals surface area (Å²) in [7, 11) is 1.60. The van der Waals surface area contributed by atoms with Crippen LogP contribution in [-0.2, 0) is 0 Å². The Morgan fingerprint density at radius 1 is 1.43 bits per heavy atom. The third kappa shape index (κ3) is 2.26. The molecule has 1 amide bonds. The van der Waals surface area contributed by atoms with E-state index in [1.54, 1.807) is 13.1 Å². The summed E-state index contributed by atoms with van der Waals surface area (Å²) < 4.78 is 0. The largest absolute Gasteiger partial charge is 0.355 e. The molecule has 0 aromatic heterocycles. The Morgan fingerprint density at radius 2 is 2.07 bits per heavy atom. The van der Waals surface area contributed by atoms with Crippen LogP contribution in [0.15, 0.2) is 18.2 Å². The molecule has 0 unspecified atom stereocenters. The predicted molar refractivity (Wildman–Crippen MR) is 58.9 cm³/mol. The van der Waals surface area contributed by atoms with E-state index in [2.05, 4.69) is 19.2 Å². The normalized spacial score (nSPS) is 10.4. The molecule has 76 valence electrons. The topological polar surface area (TPSA) is 29.1 Å². The second-order valence-corrected chi connectivity index (χ2v) is 3.88. The van der Waals surface area contributed by atoms with E-state index < -0.39 is 0 Å². The highest BCUT2D eigenvalue weighted by molar-refractivity contribution is 6.33. The number of hydrogen-bond acceptors (Lipinski definition) is 1. The van der Waals surface area contributed by atoms with E-state index >= 15 is 0 Å². The second kappa shape index (κ2) is 4.47. The van der Waals surface area contributed by atoms with Crippen molar-refractivity contribution >= 4 is 17.5 Å². The molecule has 0 aliphatic heterocycles. The molecule has 14 heavy (non-hydrogen) atoms. The summed E-state index contributed by atoms with van der Waals surface area (Å²) in [6.07, 6.45) is 0. The number of halogens is 1. The van der Waals surface area contributed by atoms with E-state index in [1.807, 2.05) is 12.1 Å². The number of rotatable bonds is 2. The van der Waals surface area contributed by atoms with Gasteiger partial charge in [-0.05, 0) is 23.6 Å². The molecule has 1 rings (SSSR count). The Hall–Kier alpha value is -1.02. The second-order valence-electron chi connectivity index (χ2n) is 3.47. The van der Waals surface area contributed by atoms with Gasteiger partial charge in [0.05, 0.1) is 10.6 Å². The first-order valence-corrected chi connectivity index (χ1v) is 4.95. The van der Waals surface area contributed by atoms with Crippen LogP contribution in [-0.4, -0.2) is 13.0 Å². The van der Waals surface area contributed by atoms with E-state index in [-0.39, 0.29) is 5.91 Å². The van der Waals surface area contributed by atoms with Gasteiger partial charge in [-0.25, -0.2) is 0 Å². The lowest BCUT2D eigenvalue weighted by molar-refractivity contribution is 0.0963. The van der Waals surface area contributed by atoms with Crippen molar-refractivity contribution in [3.05, 3.63) is 34.3 Å². The van der Waals surface area contributed by atoms with Crippen LogP contribution >= 0.6 is 11.6 Å². The minimum atomic E-state index is -0.141. The summed E-state index contributed by atoms with van der Waals surface area (Å²) in [6.45, 7) is 4.16. The van der Waals surface area contributed by atoms with Crippen molar-refractivity contribution in [3.63, 3.8) is 0 Å². The van der Waals surface area contributed by atoms with Crippen molar-refractivity contribution in [1.82, 2.24) is 5.32 Å². The molecule has 1 aromatic carbocycles. The van der Waals surface area contributed by atoms with Gasteiger partial charge in [-0.3, -0.25) is 4.79 Å². The van der Waals surface area contributed by atoms with Crippen LogP contribution < -0.4 is 5.32 Å². The molecule has 3 heteroatoms. The molecule has 0 bridgehead atoms. The van der Waals surface area contributed by atoms with Crippen LogP contribution in [0.5, 0.6) is 0 Å². The van der Waals surface area contributed by atoms with Gasteiger partial charge in [-0.15, -0.1) is 0 Å². The molecular formula is C11H14ClNO. The van der Waals surface area contributed by atoms with Crippen LogP contribution in [0.1, 0.15) is 35.7 Å². The zero-order chi connectivity index (χ0) is 10.7. The molecular weight excluding hydrogens is 198 g/mol. The Bertz CT molecular complexity index is 347. The molecule has 0 spiro atoms. The number of carbonyl (C=O) groups is 1. The fourth-order valence-electron chi connectivity index (χ4n) is 1.21. The Balaban J connectivity index is 3.15. The van der Waals surface area contributed by atoms with E-state index in [9.17, 15) is 4.79 Å². The van der Waals surface area contributed by atoms with E-state index in [1.165, 1.54) is 0 Å². The van der Waals surface area contributed by atoms with Crippen molar-refractivity contribution in [2.24, 2.45) is 0 Å². The van der Waals surface area contributed by atoms with Gasteiger partial charge in [0.15, 0.2) is 0 Å². The first-order valence-electron chi connectivity index (χ1n) is 4.57. The molecule has 0 fully saturated rings. The summed E-state index contributed by atoms with van der Waals surface area (Å²) in [4.78, 5) is 11.4. The third-order valence-electron chi connectivity index (χ3n) is 2.13. The molecule has 0 atom stereocenters. The number of amides is 1. The van der Waals surface area contributed by atoms with Crippen LogP contribution in [0.25, 0.3) is 0 Å². The molecule has 2 nitrogen and oxygen atoms in total. The summed E-state index contributed by atoms with van der Waals surface area (Å²) in [5.74, 6) is 0.258. The maximum absolute atomic E-state index is 11.4. The summed E-state index contributed by atoms with van der Waals surface area (Å²) in [5, 5.41) is 3.06. The summed E-state index contributed by atoms with van der Waals surface area (Å²) in [5.41, 5.74) is 1.66. The Labute approximate surface area is 89.3 Å². The first kappa shape index (κ1) is 11.1. The van der Waals surface area contributed by atoms with E-state index in [4.69, 9.17) is 11.6 Å². The lowest BCUT2D eigenvalue weighted by atomic mass is 10.0. The SMILES string of the molecule is CNC(=O)c1cc(C(C)C)ccc1Cl. The maximum Gasteiger partial charge on any atom is 0.252 e. The van der Waals surface area contributed by atoms with Crippen LogP contribution in [0.3, 0.4) is 0 Å². The van der Waals surface area contributed by atoms with Gasteiger partial charge >= 0.3 is 0 Å². The van der Waals surface area contributed by atoms with E-state index in [0.717, 1.165) is 5.56 Å². The zero-order valence-electron chi connectivity index (χ0n) is 8.60. The minimum Gasteiger partial charge on any atom is -0.355 e. The van der Waals surface area contributed by atoms with Gasteiger partial charge < -0.3 is 5.32 Å². The van der Waals surface area contributed by atoms with Crippen molar-refractivity contribution in [2.75, 3.05) is 7.05 Å². The van der Waals surface area contributed by atoms with Crippen LogP contribution in [0.2, 0.25) is 5.02 Å². The molecule has 0 aliphatic rings. The zero-order valence-corrected chi connectivity index (χ0v) is 9.35. The predicted octanol–water partition coefficient (Wildman–Crippen LogP) is 2.82. The molecule has 1 aromatic rings. The number of carbonyl (C=O) groups excluding carboxylic acids is 1. The molecule has 1 N–H and O–H groups in total. The highest BCUT2D eigenvalue weighted by Gasteiger charge is 2.10. The highest BCUT2D eigenvalue weighted by Crippen LogP contribution is 2.22. The molecule has 0 heterocycles. The van der Waals surface area contributed by atoms with E-state index in [0.29, 0.717) is 16.5 Å². The minimum absolute atomic E-state index is 0.141. The van der Waals surface area contributed by atoms with Gasteiger partial charge in [-0.1, -0.05) is 31.5 Å². The van der Waals surface area contributed by atoms with Crippen molar-refractivity contribution in [2.45, 2.75) is 19.8 Å². The summed E-state index contributed by atoms with van der Waals surface area (Å²) >= 11 is 5.91. The van der Waals surface area contributed by atoms with Gasteiger partial charge in [0.25, 0.3) is 5.91 Å². The monoisotopic (exact) mass is 211 g/mol. The lowest BCUT2D eigenvalue weighted by Crippen LogP contribution is -2.18. The number of nitrogens with one attached hydrogen (secondary N) is 1. The standard InChI is InChI=1S/C11H14ClNO/c1-7(2)8-4-5-10(12)9(6-8)11(14)13-3/h4-7H,1-3H3,(H,13,14). The van der Waals surface area contributed by atoms with Crippen molar-refractivity contribution < 1.29 is 4.79 Å². The van der Waals surface area contributed by atoms with Gasteiger partial charge in [-0.2, -0.15) is 0 Å². The molecule has 0 saturated heterocycles. The maximum atomic E-state index is 11.4. The molecule has 0 saturated carbocycles. The Morgan fingerprint density at radius 3 is 2.57 bits per heavy atom. The molecule has 0 aliphatic carbocycles. The average molecular weight is 212 g/mol. The third-order valence-corrected chi connectivity index (χ3v) is 2.46. The van der Waals surface area contributed by atoms with Crippen molar-refractivity contribution in [1.29, 1.82) is 0 Å². The average Bonchev–Trinajstić information content (AvgIpc) is 2.17. The highest BCUT2D eigenvalue weighted by atomic mass is 35.5. The summed E-state index contributed by atoms with van der Waals surface area (Å²) in [6, 6.07) is 5.55. The number of hydrogen-bond donors (Lipinski definition) is 1. The van der Waals surface area contributed by atoms with Gasteiger partial charge in [0.1, 0.15) is 0 Å². The van der Waals surface area contributed by atoms with Crippen molar-refractivity contribution in [3.8, 4) is 0 Å². The fraction of sp³-hybridized carbons (Fsp3) is 0.364. The lowest BCUT2D eigenvalue weighted by Gasteiger charge is -2.08. The Kier molecular flexibility index (Phi) is 3.53. The van der Waals surface area contributed by atoms with Gasteiger partial charge in [0, 0.05) is 7.05 Å².